The quantitative estimate of drug-likeness (QED) is 0.821. The van der Waals surface area contributed by atoms with Crippen molar-refractivity contribution in [2.45, 2.75) is 26.8 Å². The average molecular weight is 214 g/mol. The van der Waals surface area contributed by atoms with Crippen LogP contribution in [0.2, 0.25) is 0 Å². The zero-order valence-corrected chi connectivity index (χ0v) is 9.36. The molecule has 0 bridgehead atoms. The summed E-state index contributed by atoms with van der Waals surface area (Å²) >= 11 is 0. The van der Waals surface area contributed by atoms with Gasteiger partial charge in [0.05, 0.1) is 0 Å². The molecule has 1 amide bonds. The van der Waals surface area contributed by atoms with Crippen molar-refractivity contribution in [3.63, 3.8) is 0 Å². The van der Waals surface area contributed by atoms with E-state index in [4.69, 9.17) is 0 Å². The summed E-state index contributed by atoms with van der Waals surface area (Å²) in [6.07, 6.45) is 0.547. The van der Waals surface area contributed by atoms with Crippen LogP contribution >= 0.6 is 12.4 Å². The minimum atomic E-state index is 0. The Morgan fingerprint density at radius 2 is 2.14 bits per heavy atom. The SMILES string of the molecule is CCC(=O)NCc1cccc(C)c1.Cl. The van der Waals surface area contributed by atoms with Gasteiger partial charge in [-0.05, 0) is 12.5 Å². The van der Waals surface area contributed by atoms with E-state index in [9.17, 15) is 4.79 Å². The predicted molar refractivity (Wildman–Crippen MR) is 60.6 cm³/mol. The van der Waals surface area contributed by atoms with Gasteiger partial charge >= 0.3 is 0 Å². The Labute approximate surface area is 91.1 Å². The Balaban J connectivity index is 0.00000169. The highest BCUT2D eigenvalue weighted by atomic mass is 35.5. The summed E-state index contributed by atoms with van der Waals surface area (Å²) < 4.78 is 0. The molecule has 78 valence electrons. The van der Waals surface area contributed by atoms with Crippen LogP contribution in [0.5, 0.6) is 0 Å². The van der Waals surface area contributed by atoms with Crippen LogP contribution in [-0.4, -0.2) is 5.91 Å². The zero-order chi connectivity index (χ0) is 9.68. The van der Waals surface area contributed by atoms with Crippen molar-refractivity contribution in [2.24, 2.45) is 0 Å². The Hall–Kier alpha value is -1.02. The molecule has 1 rings (SSSR count). The molecule has 0 atom stereocenters. The number of hydrogen-bond donors (Lipinski definition) is 1. The molecule has 1 aromatic rings. The second-order valence-corrected chi connectivity index (χ2v) is 3.12. The molecule has 14 heavy (non-hydrogen) atoms. The van der Waals surface area contributed by atoms with E-state index in [1.807, 2.05) is 32.0 Å². The summed E-state index contributed by atoms with van der Waals surface area (Å²) in [5.41, 5.74) is 2.38. The lowest BCUT2D eigenvalue weighted by Crippen LogP contribution is -2.21. The topological polar surface area (TPSA) is 29.1 Å². The van der Waals surface area contributed by atoms with Crippen molar-refractivity contribution in [1.29, 1.82) is 0 Å². The first kappa shape index (κ1) is 13.0. The highest BCUT2D eigenvalue weighted by molar-refractivity contribution is 5.85. The second-order valence-electron chi connectivity index (χ2n) is 3.12. The molecule has 2 nitrogen and oxygen atoms in total. The average Bonchev–Trinajstić information content (AvgIpc) is 2.14. The van der Waals surface area contributed by atoms with Crippen molar-refractivity contribution in [3.8, 4) is 0 Å². The molecule has 3 heteroatoms. The molecule has 1 N–H and O–H groups in total. The number of amides is 1. The lowest BCUT2D eigenvalue weighted by Gasteiger charge is -2.03. The van der Waals surface area contributed by atoms with Crippen LogP contribution in [-0.2, 0) is 11.3 Å². The first-order valence-corrected chi connectivity index (χ1v) is 4.54. The molecule has 0 unspecified atom stereocenters. The van der Waals surface area contributed by atoms with Crippen molar-refractivity contribution in [2.75, 3.05) is 0 Å². The Kier molecular flexibility index (Phi) is 5.97. The number of aryl methyl sites for hydroxylation is 1. The molecular formula is C11H16ClNO. The Bertz CT molecular complexity index is 299. The van der Waals surface area contributed by atoms with Gasteiger partial charge in [-0.2, -0.15) is 0 Å². The molecule has 0 radical (unpaired) electrons. The number of benzene rings is 1. The maximum Gasteiger partial charge on any atom is 0.219 e. The van der Waals surface area contributed by atoms with Crippen LogP contribution in [0, 0.1) is 6.92 Å². The lowest BCUT2D eigenvalue weighted by atomic mass is 10.1. The van der Waals surface area contributed by atoms with Crippen LogP contribution in [0.1, 0.15) is 24.5 Å². The third-order valence-corrected chi connectivity index (χ3v) is 1.89. The van der Waals surface area contributed by atoms with Crippen LogP contribution < -0.4 is 5.32 Å². The minimum Gasteiger partial charge on any atom is -0.352 e. The zero-order valence-electron chi connectivity index (χ0n) is 8.54. The van der Waals surface area contributed by atoms with Crippen molar-refractivity contribution < 1.29 is 4.79 Å². The fourth-order valence-electron chi connectivity index (χ4n) is 1.15. The van der Waals surface area contributed by atoms with Gasteiger partial charge in [-0.25, -0.2) is 0 Å². The molecule has 0 aromatic heterocycles. The van der Waals surface area contributed by atoms with E-state index in [-0.39, 0.29) is 18.3 Å². The van der Waals surface area contributed by atoms with Crippen molar-refractivity contribution >= 4 is 18.3 Å². The van der Waals surface area contributed by atoms with Gasteiger partial charge in [0.25, 0.3) is 0 Å². The van der Waals surface area contributed by atoms with E-state index in [0.717, 1.165) is 5.56 Å². The first-order chi connectivity index (χ1) is 6.22. The monoisotopic (exact) mass is 213 g/mol. The number of rotatable bonds is 3. The van der Waals surface area contributed by atoms with Crippen LogP contribution in [0.3, 0.4) is 0 Å². The lowest BCUT2D eigenvalue weighted by molar-refractivity contribution is -0.120. The second kappa shape index (κ2) is 6.44. The molecule has 1 aromatic carbocycles. The third kappa shape index (κ3) is 4.28. The van der Waals surface area contributed by atoms with Gasteiger partial charge in [0.2, 0.25) is 5.91 Å². The van der Waals surface area contributed by atoms with Crippen LogP contribution in [0.25, 0.3) is 0 Å². The van der Waals surface area contributed by atoms with Crippen molar-refractivity contribution in [1.82, 2.24) is 5.32 Å². The first-order valence-electron chi connectivity index (χ1n) is 4.54. The van der Waals surface area contributed by atoms with Gasteiger partial charge in [0, 0.05) is 13.0 Å². The molecule has 0 spiro atoms. The van der Waals surface area contributed by atoms with E-state index in [0.29, 0.717) is 13.0 Å². The number of carbonyl (C=O) groups excluding carboxylic acids is 1. The number of carbonyl (C=O) groups is 1. The fraction of sp³-hybridized carbons (Fsp3) is 0.364. The molecule has 0 fully saturated rings. The molecule has 0 saturated carbocycles. The molecule has 0 heterocycles. The van der Waals surface area contributed by atoms with Gasteiger partial charge < -0.3 is 5.32 Å². The molecule has 0 aliphatic heterocycles. The maximum atomic E-state index is 11.0. The third-order valence-electron chi connectivity index (χ3n) is 1.89. The van der Waals surface area contributed by atoms with Gasteiger partial charge in [-0.3, -0.25) is 4.79 Å². The highest BCUT2D eigenvalue weighted by Crippen LogP contribution is 2.02. The van der Waals surface area contributed by atoms with Gasteiger partial charge in [-0.1, -0.05) is 36.8 Å². The fourth-order valence-corrected chi connectivity index (χ4v) is 1.15. The van der Waals surface area contributed by atoms with Crippen LogP contribution in [0.4, 0.5) is 0 Å². The van der Waals surface area contributed by atoms with Crippen LogP contribution in [0.15, 0.2) is 24.3 Å². The smallest absolute Gasteiger partial charge is 0.219 e. The Morgan fingerprint density at radius 1 is 1.43 bits per heavy atom. The molecule has 0 aliphatic rings. The van der Waals surface area contributed by atoms with Gasteiger partial charge in [0.15, 0.2) is 0 Å². The van der Waals surface area contributed by atoms with Gasteiger partial charge in [-0.15, -0.1) is 12.4 Å². The summed E-state index contributed by atoms with van der Waals surface area (Å²) in [5.74, 6) is 0.0986. The maximum absolute atomic E-state index is 11.0. The summed E-state index contributed by atoms with van der Waals surface area (Å²) in [6, 6.07) is 8.15. The Morgan fingerprint density at radius 3 is 2.71 bits per heavy atom. The number of hydrogen-bond acceptors (Lipinski definition) is 1. The number of halogens is 1. The molecule has 0 saturated heterocycles. The largest absolute Gasteiger partial charge is 0.352 e. The summed E-state index contributed by atoms with van der Waals surface area (Å²) in [7, 11) is 0. The van der Waals surface area contributed by atoms with E-state index in [1.54, 1.807) is 0 Å². The van der Waals surface area contributed by atoms with E-state index < -0.39 is 0 Å². The standard InChI is InChI=1S/C11H15NO.ClH/c1-3-11(13)12-8-10-6-4-5-9(2)7-10;/h4-7H,3,8H2,1-2H3,(H,12,13);1H. The minimum absolute atomic E-state index is 0. The molecule has 0 aliphatic carbocycles. The predicted octanol–water partition coefficient (Wildman–Crippen LogP) is 2.44. The normalized spacial score (nSPS) is 9.00. The highest BCUT2D eigenvalue weighted by Gasteiger charge is 1.96. The summed E-state index contributed by atoms with van der Waals surface area (Å²) in [6.45, 7) is 4.53. The number of nitrogens with one attached hydrogen (secondary N) is 1. The molecular weight excluding hydrogens is 198 g/mol. The van der Waals surface area contributed by atoms with E-state index in [1.165, 1.54) is 5.56 Å². The van der Waals surface area contributed by atoms with Crippen molar-refractivity contribution in [3.05, 3.63) is 35.4 Å². The van der Waals surface area contributed by atoms with Gasteiger partial charge in [0.1, 0.15) is 0 Å². The summed E-state index contributed by atoms with van der Waals surface area (Å²) in [5, 5.41) is 2.84. The summed E-state index contributed by atoms with van der Waals surface area (Å²) in [4.78, 5) is 11.0. The van der Waals surface area contributed by atoms with E-state index in [2.05, 4.69) is 11.4 Å². The van der Waals surface area contributed by atoms with E-state index >= 15 is 0 Å².